The molecule has 0 aromatic carbocycles. The van der Waals surface area contributed by atoms with Gasteiger partial charge in [-0.3, -0.25) is 4.79 Å². The summed E-state index contributed by atoms with van der Waals surface area (Å²) in [4.78, 5) is 17.3. The Hall–Kier alpha value is -0.610. The molecule has 0 radical (unpaired) electrons. The highest BCUT2D eigenvalue weighted by atomic mass is 16.2. The number of hydrogen-bond donors (Lipinski definition) is 1. The molecule has 2 saturated heterocycles. The van der Waals surface area contributed by atoms with Crippen LogP contribution in [0, 0.1) is 17.8 Å². The van der Waals surface area contributed by atoms with Crippen molar-refractivity contribution in [1.29, 1.82) is 0 Å². The highest BCUT2D eigenvalue weighted by molar-refractivity contribution is 5.76. The molecule has 2 aliphatic heterocycles. The van der Waals surface area contributed by atoms with Crippen molar-refractivity contribution in [1.82, 2.24) is 15.1 Å². The first-order valence-electron chi connectivity index (χ1n) is 9.21. The van der Waals surface area contributed by atoms with E-state index in [4.69, 9.17) is 0 Å². The molecule has 0 aromatic heterocycles. The second kappa shape index (κ2) is 8.30. The average molecular weight is 309 g/mol. The molecule has 0 saturated carbocycles. The number of carbonyl (C=O) groups is 1. The molecule has 128 valence electrons. The number of carbonyl (C=O) groups excluding carboxylic acids is 1. The zero-order chi connectivity index (χ0) is 16.1. The van der Waals surface area contributed by atoms with E-state index in [0.717, 1.165) is 51.5 Å². The number of nitrogens with one attached hydrogen (secondary N) is 1. The lowest BCUT2D eigenvalue weighted by Crippen LogP contribution is -2.50. The lowest BCUT2D eigenvalue weighted by Gasteiger charge is -2.41. The van der Waals surface area contributed by atoms with Crippen LogP contribution in [-0.4, -0.2) is 61.5 Å². The van der Waals surface area contributed by atoms with E-state index >= 15 is 0 Å². The molecule has 1 N–H and O–H groups in total. The van der Waals surface area contributed by atoms with E-state index in [1.54, 1.807) is 0 Å². The molecule has 4 heteroatoms. The second-order valence-electron chi connectivity index (χ2n) is 7.50. The molecule has 2 aliphatic rings. The number of piperidine rings is 2. The largest absolute Gasteiger partial charge is 0.342 e. The molecule has 3 atom stereocenters. The Morgan fingerprint density at radius 2 is 2.00 bits per heavy atom. The summed E-state index contributed by atoms with van der Waals surface area (Å²) in [6, 6.07) is 0.426. The summed E-state index contributed by atoms with van der Waals surface area (Å²) in [7, 11) is 2.03. The maximum Gasteiger partial charge on any atom is 0.222 e. The Kier molecular flexibility index (Phi) is 6.69. The van der Waals surface area contributed by atoms with Crippen LogP contribution in [0.4, 0.5) is 0 Å². The third-order valence-electron chi connectivity index (χ3n) is 5.97. The predicted octanol–water partition coefficient (Wildman–Crippen LogP) is 2.20. The van der Waals surface area contributed by atoms with Crippen LogP contribution in [0.25, 0.3) is 0 Å². The molecule has 0 spiro atoms. The molecule has 1 amide bonds. The molecule has 4 nitrogen and oxygen atoms in total. The zero-order valence-corrected chi connectivity index (χ0v) is 15.0. The minimum absolute atomic E-state index is 0.354. The van der Waals surface area contributed by atoms with Crippen LogP contribution < -0.4 is 5.32 Å². The van der Waals surface area contributed by atoms with Crippen molar-refractivity contribution >= 4 is 5.91 Å². The van der Waals surface area contributed by atoms with E-state index in [2.05, 4.69) is 35.9 Å². The van der Waals surface area contributed by atoms with Gasteiger partial charge in [0, 0.05) is 32.6 Å². The summed E-state index contributed by atoms with van der Waals surface area (Å²) in [6.07, 6.45) is 4.30. The summed E-state index contributed by atoms with van der Waals surface area (Å²) in [6.45, 7) is 12.4. The van der Waals surface area contributed by atoms with Gasteiger partial charge in [-0.25, -0.2) is 0 Å². The number of hydrogen-bond acceptors (Lipinski definition) is 3. The smallest absolute Gasteiger partial charge is 0.222 e. The Morgan fingerprint density at radius 1 is 1.32 bits per heavy atom. The zero-order valence-electron chi connectivity index (χ0n) is 15.0. The fourth-order valence-corrected chi connectivity index (χ4v) is 4.27. The van der Waals surface area contributed by atoms with Crippen LogP contribution in [0.5, 0.6) is 0 Å². The molecular weight excluding hydrogens is 274 g/mol. The maximum absolute atomic E-state index is 12.7. The van der Waals surface area contributed by atoms with Gasteiger partial charge in [0.05, 0.1) is 0 Å². The summed E-state index contributed by atoms with van der Waals surface area (Å²) in [5, 5.41) is 3.41. The highest BCUT2D eigenvalue weighted by Crippen LogP contribution is 2.27. The van der Waals surface area contributed by atoms with E-state index in [0.29, 0.717) is 23.8 Å². The van der Waals surface area contributed by atoms with Gasteiger partial charge in [-0.15, -0.1) is 0 Å². The van der Waals surface area contributed by atoms with Gasteiger partial charge in [-0.1, -0.05) is 20.8 Å². The van der Waals surface area contributed by atoms with Crippen molar-refractivity contribution in [2.24, 2.45) is 17.8 Å². The normalized spacial score (nSPS) is 29.3. The first-order valence-corrected chi connectivity index (χ1v) is 9.21. The van der Waals surface area contributed by atoms with Crippen LogP contribution in [0.3, 0.4) is 0 Å². The lowest BCUT2D eigenvalue weighted by molar-refractivity contribution is -0.135. The summed E-state index contributed by atoms with van der Waals surface area (Å²) < 4.78 is 0. The number of rotatable bonds is 5. The van der Waals surface area contributed by atoms with Crippen LogP contribution in [0.1, 0.15) is 46.5 Å². The molecule has 0 aliphatic carbocycles. The van der Waals surface area contributed by atoms with Crippen molar-refractivity contribution in [3.8, 4) is 0 Å². The molecule has 3 unspecified atom stereocenters. The molecule has 0 aromatic rings. The fraction of sp³-hybridized carbons (Fsp3) is 0.944. The van der Waals surface area contributed by atoms with Gasteiger partial charge in [0.15, 0.2) is 0 Å². The van der Waals surface area contributed by atoms with E-state index in [1.807, 2.05) is 7.05 Å². The van der Waals surface area contributed by atoms with Crippen LogP contribution in [0.2, 0.25) is 0 Å². The van der Waals surface area contributed by atoms with Crippen LogP contribution in [0.15, 0.2) is 0 Å². The van der Waals surface area contributed by atoms with Crippen molar-refractivity contribution in [2.45, 2.75) is 52.5 Å². The van der Waals surface area contributed by atoms with Crippen molar-refractivity contribution in [2.75, 3.05) is 39.8 Å². The quantitative estimate of drug-likeness (QED) is 0.846. The summed E-state index contributed by atoms with van der Waals surface area (Å²) in [5.41, 5.74) is 0. The number of nitrogens with zero attached hydrogens (tertiary/aromatic N) is 2. The van der Waals surface area contributed by atoms with Gasteiger partial charge in [-0.05, 0) is 56.7 Å². The first kappa shape index (κ1) is 17.7. The SMILES string of the molecule is CCN1CCC(N(C)C(=O)CC(C)C2CCNCC2)C(C)C1. The highest BCUT2D eigenvalue weighted by Gasteiger charge is 2.31. The monoisotopic (exact) mass is 309 g/mol. The van der Waals surface area contributed by atoms with Gasteiger partial charge in [0.25, 0.3) is 0 Å². The third kappa shape index (κ3) is 4.45. The van der Waals surface area contributed by atoms with Crippen molar-refractivity contribution in [3.63, 3.8) is 0 Å². The van der Waals surface area contributed by atoms with Crippen molar-refractivity contribution in [3.05, 3.63) is 0 Å². The topological polar surface area (TPSA) is 35.6 Å². The predicted molar refractivity (Wildman–Crippen MR) is 91.8 cm³/mol. The summed E-state index contributed by atoms with van der Waals surface area (Å²) >= 11 is 0. The number of likely N-dealkylation sites (tertiary alicyclic amines) is 1. The Morgan fingerprint density at radius 3 is 2.59 bits per heavy atom. The van der Waals surface area contributed by atoms with E-state index in [1.165, 1.54) is 12.8 Å². The molecule has 2 rings (SSSR count). The Bertz CT molecular complexity index is 354. The molecular formula is C18H35N3O. The first-order chi connectivity index (χ1) is 10.5. The standard InChI is InChI=1S/C18H35N3O/c1-5-21-11-8-17(15(3)13-21)20(4)18(22)12-14(2)16-6-9-19-10-7-16/h14-17,19H,5-13H2,1-4H3. The van der Waals surface area contributed by atoms with Gasteiger partial charge in [0.2, 0.25) is 5.91 Å². The van der Waals surface area contributed by atoms with E-state index in [-0.39, 0.29) is 0 Å². The van der Waals surface area contributed by atoms with Crippen LogP contribution in [-0.2, 0) is 4.79 Å². The minimum atomic E-state index is 0.354. The van der Waals surface area contributed by atoms with Crippen LogP contribution >= 0.6 is 0 Å². The average Bonchev–Trinajstić information content (AvgIpc) is 2.54. The van der Waals surface area contributed by atoms with E-state index in [9.17, 15) is 4.79 Å². The van der Waals surface area contributed by atoms with Gasteiger partial charge >= 0.3 is 0 Å². The molecule has 22 heavy (non-hydrogen) atoms. The van der Waals surface area contributed by atoms with Gasteiger partial charge < -0.3 is 15.1 Å². The lowest BCUT2D eigenvalue weighted by atomic mass is 9.83. The molecule has 2 fully saturated rings. The fourth-order valence-electron chi connectivity index (χ4n) is 4.27. The Labute approximate surface area is 136 Å². The number of amides is 1. The maximum atomic E-state index is 12.7. The molecule has 2 heterocycles. The Balaban J connectivity index is 1.83. The second-order valence-corrected chi connectivity index (χ2v) is 7.50. The summed E-state index contributed by atoms with van der Waals surface area (Å²) in [5.74, 6) is 2.17. The molecule has 0 bridgehead atoms. The minimum Gasteiger partial charge on any atom is -0.342 e. The van der Waals surface area contributed by atoms with E-state index < -0.39 is 0 Å². The van der Waals surface area contributed by atoms with Gasteiger partial charge in [0.1, 0.15) is 0 Å². The third-order valence-corrected chi connectivity index (χ3v) is 5.97. The van der Waals surface area contributed by atoms with Gasteiger partial charge in [-0.2, -0.15) is 0 Å². The van der Waals surface area contributed by atoms with Crippen molar-refractivity contribution < 1.29 is 4.79 Å².